The maximum atomic E-state index is 13.9. The Bertz CT molecular complexity index is 619. The highest BCUT2D eigenvalue weighted by atomic mass is 19.1. The number of halogens is 2. The number of hydrogen-bond donors (Lipinski definition) is 1. The molecule has 1 fully saturated rings. The molecule has 19 heavy (non-hydrogen) atoms. The average Bonchev–Trinajstić information content (AvgIpc) is 2.91. The molecule has 0 atom stereocenters. The SMILES string of the molecule is CNc1cc(C2CCCC2)nc2c(F)cc(F)cc12. The molecule has 1 heterocycles. The van der Waals surface area contributed by atoms with Gasteiger partial charge in [-0.05, 0) is 25.0 Å². The van der Waals surface area contributed by atoms with Crippen LogP contribution in [0.1, 0.15) is 37.3 Å². The second-order valence-electron chi connectivity index (χ2n) is 5.11. The van der Waals surface area contributed by atoms with E-state index in [1.807, 2.05) is 6.07 Å². The molecule has 1 saturated carbocycles. The molecule has 0 unspecified atom stereocenters. The van der Waals surface area contributed by atoms with Gasteiger partial charge in [0.05, 0.1) is 0 Å². The van der Waals surface area contributed by atoms with E-state index in [4.69, 9.17) is 0 Å². The average molecular weight is 262 g/mol. The van der Waals surface area contributed by atoms with Crippen LogP contribution in [0.5, 0.6) is 0 Å². The number of hydrogen-bond acceptors (Lipinski definition) is 2. The summed E-state index contributed by atoms with van der Waals surface area (Å²) in [5, 5.41) is 3.52. The van der Waals surface area contributed by atoms with Crippen molar-refractivity contribution in [3.8, 4) is 0 Å². The molecular formula is C15H16F2N2. The Labute approximate surface area is 110 Å². The summed E-state index contributed by atoms with van der Waals surface area (Å²) in [6.07, 6.45) is 4.60. The van der Waals surface area contributed by atoms with E-state index in [0.29, 0.717) is 11.3 Å². The molecule has 2 aromatic rings. The van der Waals surface area contributed by atoms with Crippen molar-refractivity contribution in [2.75, 3.05) is 12.4 Å². The Morgan fingerprint density at radius 2 is 1.89 bits per heavy atom. The number of anilines is 1. The Kier molecular flexibility index (Phi) is 3.09. The standard InChI is InChI=1S/C15H16F2N2/c1-18-14-8-13(9-4-2-3-5-9)19-15-11(14)6-10(16)7-12(15)17/h6-9H,2-5H2,1H3,(H,18,19). The summed E-state index contributed by atoms with van der Waals surface area (Å²) in [6.45, 7) is 0. The van der Waals surface area contributed by atoms with Gasteiger partial charge in [-0.15, -0.1) is 0 Å². The first-order chi connectivity index (χ1) is 9.19. The van der Waals surface area contributed by atoms with Crippen LogP contribution < -0.4 is 5.32 Å². The first-order valence-corrected chi connectivity index (χ1v) is 6.66. The zero-order valence-electron chi connectivity index (χ0n) is 10.8. The smallest absolute Gasteiger partial charge is 0.152 e. The van der Waals surface area contributed by atoms with Crippen LogP contribution in [0.15, 0.2) is 18.2 Å². The minimum atomic E-state index is -0.591. The first-order valence-electron chi connectivity index (χ1n) is 6.66. The predicted molar refractivity (Wildman–Crippen MR) is 72.4 cm³/mol. The van der Waals surface area contributed by atoms with E-state index < -0.39 is 11.6 Å². The van der Waals surface area contributed by atoms with Gasteiger partial charge < -0.3 is 5.32 Å². The lowest BCUT2D eigenvalue weighted by molar-refractivity contribution is 0.589. The lowest BCUT2D eigenvalue weighted by Gasteiger charge is -2.13. The van der Waals surface area contributed by atoms with E-state index in [9.17, 15) is 8.78 Å². The van der Waals surface area contributed by atoms with Crippen LogP contribution in [0.4, 0.5) is 14.5 Å². The van der Waals surface area contributed by atoms with Crippen LogP contribution in [0.2, 0.25) is 0 Å². The topological polar surface area (TPSA) is 24.9 Å². The summed E-state index contributed by atoms with van der Waals surface area (Å²) < 4.78 is 27.2. The number of nitrogens with one attached hydrogen (secondary N) is 1. The van der Waals surface area contributed by atoms with Crippen molar-refractivity contribution in [3.63, 3.8) is 0 Å². The van der Waals surface area contributed by atoms with E-state index in [2.05, 4.69) is 10.3 Å². The molecule has 0 aliphatic heterocycles. The molecule has 1 aromatic heterocycles. The Morgan fingerprint density at radius 1 is 1.16 bits per heavy atom. The molecule has 0 amide bonds. The van der Waals surface area contributed by atoms with Crippen molar-refractivity contribution in [2.24, 2.45) is 0 Å². The van der Waals surface area contributed by atoms with Crippen molar-refractivity contribution in [1.29, 1.82) is 0 Å². The van der Waals surface area contributed by atoms with E-state index >= 15 is 0 Å². The summed E-state index contributed by atoms with van der Waals surface area (Å²) >= 11 is 0. The minimum Gasteiger partial charge on any atom is -0.388 e. The van der Waals surface area contributed by atoms with Gasteiger partial charge in [-0.1, -0.05) is 12.8 Å². The number of pyridine rings is 1. The third-order valence-corrected chi connectivity index (χ3v) is 3.89. The van der Waals surface area contributed by atoms with Crippen molar-refractivity contribution in [1.82, 2.24) is 4.98 Å². The van der Waals surface area contributed by atoms with Crippen molar-refractivity contribution in [2.45, 2.75) is 31.6 Å². The quantitative estimate of drug-likeness (QED) is 0.876. The van der Waals surface area contributed by atoms with Crippen LogP contribution in [0.25, 0.3) is 10.9 Å². The number of nitrogens with zero attached hydrogens (tertiary/aromatic N) is 1. The van der Waals surface area contributed by atoms with Crippen LogP contribution >= 0.6 is 0 Å². The number of benzene rings is 1. The molecule has 1 N–H and O–H groups in total. The third-order valence-electron chi connectivity index (χ3n) is 3.89. The lowest BCUT2D eigenvalue weighted by Crippen LogP contribution is -2.02. The van der Waals surface area contributed by atoms with E-state index in [1.165, 1.54) is 18.9 Å². The molecule has 100 valence electrons. The number of fused-ring (bicyclic) bond motifs is 1. The van der Waals surface area contributed by atoms with Crippen LogP contribution in [-0.4, -0.2) is 12.0 Å². The lowest BCUT2D eigenvalue weighted by atomic mass is 10.0. The highest BCUT2D eigenvalue weighted by Gasteiger charge is 2.20. The van der Waals surface area contributed by atoms with Gasteiger partial charge in [-0.25, -0.2) is 13.8 Å². The summed E-state index contributed by atoms with van der Waals surface area (Å²) in [5.74, 6) is -0.760. The summed E-state index contributed by atoms with van der Waals surface area (Å²) in [5.41, 5.74) is 1.92. The molecule has 0 bridgehead atoms. The van der Waals surface area contributed by atoms with Crippen molar-refractivity contribution < 1.29 is 8.78 Å². The predicted octanol–water partition coefficient (Wildman–Crippen LogP) is 4.21. The monoisotopic (exact) mass is 262 g/mol. The maximum Gasteiger partial charge on any atom is 0.152 e. The van der Waals surface area contributed by atoms with Crippen LogP contribution in [0, 0.1) is 11.6 Å². The second kappa shape index (κ2) is 4.76. The highest BCUT2D eigenvalue weighted by Crippen LogP contribution is 2.36. The molecule has 0 saturated heterocycles. The Balaban J connectivity index is 2.21. The maximum absolute atomic E-state index is 13.9. The van der Waals surface area contributed by atoms with E-state index in [1.54, 1.807) is 7.05 Å². The van der Waals surface area contributed by atoms with Gasteiger partial charge in [-0.2, -0.15) is 0 Å². The van der Waals surface area contributed by atoms with Gasteiger partial charge in [0.25, 0.3) is 0 Å². The van der Waals surface area contributed by atoms with Gasteiger partial charge >= 0.3 is 0 Å². The fraction of sp³-hybridized carbons (Fsp3) is 0.400. The van der Waals surface area contributed by atoms with Crippen molar-refractivity contribution >= 4 is 16.6 Å². The summed E-state index contributed by atoms with van der Waals surface area (Å²) in [7, 11) is 1.76. The Morgan fingerprint density at radius 3 is 2.58 bits per heavy atom. The molecule has 3 rings (SSSR count). The number of aromatic nitrogens is 1. The van der Waals surface area contributed by atoms with Gasteiger partial charge in [0.15, 0.2) is 5.82 Å². The molecule has 1 aliphatic rings. The highest BCUT2D eigenvalue weighted by molar-refractivity contribution is 5.91. The van der Waals surface area contributed by atoms with Crippen molar-refractivity contribution in [3.05, 3.63) is 35.5 Å². The Hall–Kier alpha value is -1.71. The zero-order valence-corrected chi connectivity index (χ0v) is 10.8. The minimum absolute atomic E-state index is 0.259. The molecular weight excluding hydrogens is 246 g/mol. The van der Waals surface area contributed by atoms with Crippen LogP contribution in [-0.2, 0) is 0 Å². The summed E-state index contributed by atoms with van der Waals surface area (Å²) in [4.78, 5) is 4.42. The fourth-order valence-electron chi connectivity index (χ4n) is 2.91. The zero-order chi connectivity index (χ0) is 13.4. The third kappa shape index (κ3) is 2.15. The van der Waals surface area contributed by atoms with E-state index in [0.717, 1.165) is 30.3 Å². The molecule has 1 aromatic carbocycles. The van der Waals surface area contributed by atoms with Gasteiger partial charge in [-0.3, -0.25) is 0 Å². The van der Waals surface area contributed by atoms with Crippen LogP contribution in [0.3, 0.4) is 0 Å². The second-order valence-corrected chi connectivity index (χ2v) is 5.11. The van der Waals surface area contributed by atoms with Gasteiger partial charge in [0.1, 0.15) is 11.3 Å². The normalized spacial score (nSPS) is 16.2. The van der Waals surface area contributed by atoms with Gasteiger partial charge in [0.2, 0.25) is 0 Å². The van der Waals surface area contributed by atoms with E-state index in [-0.39, 0.29) is 5.52 Å². The largest absolute Gasteiger partial charge is 0.388 e. The molecule has 0 spiro atoms. The molecule has 4 heteroatoms. The molecule has 2 nitrogen and oxygen atoms in total. The summed E-state index contributed by atoms with van der Waals surface area (Å²) in [6, 6.07) is 4.15. The van der Waals surface area contributed by atoms with Gasteiger partial charge in [0, 0.05) is 35.8 Å². The number of rotatable bonds is 2. The fourth-order valence-corrected chi connectivity index (χ4v) is 2.91. The molecule has 1 aliphatic carbocycles. The molecule has 0 radical (unpaired) electrons. The first kappa shape index (κ1) is 12.3.